The maximum Gasteiger partial charge on any atom is 0.140 e. The minimum atomic E-state index is 0.493. The lowest BCUT2D eigenvalue weighted by molar-refractivity contribution is 0.305. The van der Waals surface area contributed by atoms with Crippen molar-refractivity contribution in [3.8, 4) is 5.75 Å². The van der Waals surface area contributed by atoms with E-state index in [9.17, 15) is 0 Å². The monoisotopic (exact) mass is 379 g/mol. The normalized spacial score (nSPS) is 11.0. The second-order valence-corrected chi connectivity index (χ2v) is 7.77. The fourth-order valence-electron chi connectivity index (χ4n) is 2.51. The van der Waals surface area contributed by atoms with Crippen LogP contribution in [-0.4, -0.2) is 15.2 Å². The average Bonchev–Trinajstić information content (AvgIpc) is 3.14. The number of hydrogen-bond donors (Lipinski definition) is 0. The molecule has 0 amide bonds. The van der Waals surface area contributed by atoms with Gasteiger partial charge in [-0.05, 0) is 19.1 Å². The van der Waals surface area contributed by atoms with Crippen LogP contribution in [0.15, 0.2) is 65.1 Å². The topological polar surface area (TPSA) is 47.9 Å². The Kier molecular flexibility index (Phi) is 5.13. The van der Waals surface area contributed by atoms with Gasteiger partial charge in [0.05, 0.1) is 11.9 Å². The molecule has 0 aliphatic heterocycles. The Balaban J connectivity index is 1.38. The number of fused-ring (bicyclic) bond motifs is 1. The second-order valence-electron chi connectivity index (χ2n) is 5.86. The summed E-state index contributed by atoms with van der Waals surface area (Å²) in [5, 5.41) is 14.6. The molecule has 0 atom stereocenters. The molecule has 0 saturated heterocycles. The van der Waals surface area contributed by atoms with Gasteiger partial charge in [-0.15, -0.1) is 16.4 Å². The molecule has 26 heavy (non-hydrogen) atoms. The number of rotatable bonds is 6. The van der Waals surface area contributed by atoms with Crippen molar-refractivity contribution in [2.75, 3.05) is 0 Å². The van der Waals surface area contributed by atoms with E-state index in [1.54, 1.807) is 29.3 Å². The third-order valence-corrected chi connectivity index (χ3v) is 5.76. The van der Waals surface area contributed by atoms with E-state index in [1.165, 1.54) is 5.56 Å². The number of nitrogens with zero attached hydrogens (tertiary/aromatic N) is 3. The third kappa shape index (κ3) is 4.03. The number of ether oxygens (including phenoxy) is 1. The highest BCUT2D eigenvalue weighted by atomic mass is 32.2. The second kappa shape index (κ2) is 7.85. The van der Waals surface area contributed by atoms with Gasteiger partial charge in [0, 0.05) is 21.9 Å². The van der Waals surface area contributed by atoms with Crippen LogP contribution in [0.3, 0.4) is 0 Å². The summed E-state index contributed by atoms with van der Waals surface area (Å²) >= 11 is 3.29. The average molecular weight is 380 g/mol. The summed E-state index contributed by atoms with van der Waals surface area (Å²) in [5.74, 6) is 1.64. The van der Waals surface area contributed by atoms with Crippen LogP contribution in [0.5, 0.6) is 5.75 Å². The Morgan fingerprint density at radius 1 is 1.08 bits per heavy atom. The lowest BCUT2D eigenvalue weighted by Crippen LogP contribution is -1.95. The number of aromatic nitrogens is 3. The number of thiazole rings is 1. The number of benzene rings is 2. The van der Waals surface area contributed by atoms with Crippen LogP contribution in [0.2, 0.25) is 0 Å². The fraction of sp³-hybridized carbons (Fsp3) is 0.150. The Morgan fingerprint density at radius 2 is 1.92 bits per heavy atom. The van der Waals surface area contributed by atoms with Gasteiger partial charge >= 0.3 is 0 Å². The Hall–Kier alpha value is -2.44. The van der Waals surface area contributed by atoms with E-state index in [-0.39, 0.29) is 0 Å². The van der Waals surface area contributed by atoms with Gasteiger partial charge in [0.2, 0.25) is 0 Å². The molecule has 0 bridgehead atoms. The molecular formula is C20H17N3OS2. The molecule has 0 N–H and O–H groups in total. The summed E-state index contributed by atoms with van der Waals surface area (Å²) in [7, 11) is 0. The molecule has 2 aromatic heterocycles. The molecule has 0 radical (unpaired) electrons. The molecular weight excluding hydrogens is 362 g/mol. The van der Waals surface area contributed by atoms with Gasteiger partial charge in [0.15, 0.2) is 0 Å². The van der Waals surface area contributed by atoms with Gasteiger partial charge in [-0.25, -0.2) is 4.98 Å². The van der Waals surface area contributed by atoms with E-state index in [1.807, 2.05) is 36.4 Å². The molecule has 0 spiro atoms. The number of thioether (sulfide) groups is 1. The van der Waals surface area contributed by atoms with Crippen molar-refractivity contribution in [1.29, 1.82) is 0 Å². The van der Waals surface area contributed by atoms with E-state index >= 15 is 0 Å². The van der Waals surface area contributed by atoms with Gasteiger partial charge in [-0.2, -0.15) is 5.10 Å². The first-order valence-electron chi connectivity index (χ1n) is 8.24. The molecule has 6 heteroatoms. The third-order valence-electron chi connectivity index (χ3n) is 3.88. The number of hydrogen-bond acceptors (Lipinski definition) is 6. The Labute approximate surface area is 160 Å². The first-order valence-corrected chi connectivity index (χ1v) is 10.1. The molecule has 4 rings (SSSR count). The van der Waals surface area contributed by atoms with Crippen LogP contribution in [-0.2, 0) is 12.4 Å². The lowest BCUT2D eigenvalue weighted by Gasteiger charge is -2.04. The Morgan fingerprint density at radius 3 is 2.81 bits per heavy atom. The minimum absolute atomic E-state index is 0.493. The molecule has 0 unspecified atom stereocenters. The smallest absolute Gasteiger partial charge is 0.140 e. The van der Waals surface area contributed by atoms with Gasteiger partial charge in [0.25, 0.3) is 0 Å². The van der Waals surface area contributed by atoms with Crippen molar-refractivity contribution in [3.63, 3.8) is 0 Å². The van der Waals surface area contributed by atoms with Crippen LogP contribution in [0, 0.1) is 6.92 Å². The first kappa shape index (κ1) is 17.0. The van der Waals surface area contributed by atoms with Gasteiger partial charge < -0.3 is 4.74 Å². The molecule has 0 saturated carbocycles. The summed E-state index contributed by atoms with van der Waals surface area (Å²) in [6.45, 7) is 2.56. The standard InChI is InChI=1S/C20H17N3OS2/c1-14-6-8-17(9-7-14)24-11-19-22-16(12-25-19)13-26-20-18-5-3-2-4-15(18)10-21-23-20/h2-10,12H,11,13H2,1H3. The molecule has 2 heterocycles. The van der Waals surface area contributed by atoms with E-state index in [0.29, 0.717) is 6.61 Å². The molecule has 2 aromatic carbocycles. The van der Waals surface area contributed by atoms with Gasteiger partial charge in [-0.1, -0.05) is 53.7 Å². The SMILES string of the molecule is Cc1ccc(OCc2nc(CSc3nncc4ccccc34)cs2)cc1. The summed E-state index contributed by atoms with van der Waals surface area (Å²) in [6.07, 6.45) is 1.79. The molecule has 130 valence electrons. The largest absolute Gasteiger partial charge is 0.486 e. The minimum Gasteiger partial charge on any atom is -0.486 e. The highest BCUT2D eigenvalue weighted by molar-refractivity contribution is 7.98. The highest BCUT2D eigenvalue weighted by Crippen LogP contribution is 2.28. The Bertz CT molecular complexity index is 1010. The summed E-state index contributed by atoms with van der Waals surface area (Å²) < 4.78 is 5.80. The van der Waals surface area contributed by atoms with Crippen molar-refractivity contribution < 1.29 is 4.74 Å². The van der Waals surface area contributed by atoms with E-state index in [4.69, 9.17) is 4.74 Å². The first-order chi connectivity index (χ1) is 12.8. The van der Waals surface area contributed by atoms with Gasteiger partial charge in [0.1, 0.15) is 22.4 Å². The van der Waals surface area contributed by atoms with Crippen molar-refractivity contribution in [2.45, 2.75) is 24.3 Å². The van der Waals surface area contributed by atoms with E-state index in [2.05, 4.69) is 39.6 Å². The van der Waals surface area contributed by atoms with Crippen LogP contribution in [0.25, 0.3) is 10.8 Å². The maximum atomic E-state index is 5.80. The summed E-state index contributed by atoms with van der Waals surface area (Å²) in [6, 6.07) is 16.2. The van der Waals surface area contributed by atoms with Crippen molar-refractivity contribution in [1.82, 2.24) is 15.2 Å². The van der Waals surface area contributed by atoms with Gasteiger partial charge in [-0.3, -0.25) is 0 Å². The molecule has 0 aliphatic rings. The van der Waals surface area contributed by atoms with E-state index < -0.39 is 0 Å². The zero-order valence-electron chi connectivity index (χ0n) is 14.3. The zero-order valence-corrected chi connectivity index (χ0v) is 15.9. The van der Waals surface area contributed by atoms with E-state index in [0.717, 1.165) is 38.0 Å². The molecule has 4 aromatic rings. The predicted octanol–water partition coefficient (Wildman–Crippen LogP) is 5.27. The molecule has 4 nitrogen and oxygen atoms in total. The van der Waals surface area contributed by atoms with Crippen molar-refractivity contribution in [3.05, 3.63) is 76.4 Å². The van der Waals surface area contributed by atoms with Crippen LogP contribution >= 0.6 is 23.1 Å². The zero-order chi connectivity index (χ0) is 17.8. The van der Waals surface area contributed by atoms with Crippen molar-refractivity contribution >= 4 is 33.9 Å². The molecule has 0 fully saturated rings. The van der Waals surface area contributed by atoms with Crippen LogP contribution in [0.4, 0.5) is 0 Å². The molecule has 0 aliphatic carbocycles. The fourth-order valence-corrected chi connectivity index (χ4v) is 4.20. The predicted molar refractivity (Wildman–Crippen MR) is 107 cm³/mol. The summed E-state index contributed by atoms with van der Waals surface area (Å²) in [5.41, 5.74) is 2.26. The summed E-state index contributed by atoms with van der Waals surface area (Å²) in [4.78, 5) is 4.66. The van der Waals surface area contributed by atoms with Crippen LogP contribution < -0.4 is 4.74 Å². The number of aryl methyl sites for hydroxylation is 1. The quantitative estimate of drug-likeness (QED) is 0.427. The van der Waals surface area contributed by atoms with Crippen LogP contribution in [0.1, 0.15) is 16.3 Å². The lowest BCUT2D eigenvalue weighted by atomic mass is 10.2. The van der Waals surface area contributed by atoms with Crippen molar-refractivity contribution in [2.24, 2.45) is 0 Å². The maximum absolute atomic E-state index is 5.80. The highest BCUT2D eigenvalue weighted by Gasteiger charge is 2.07.